The molecule has 0 heterocycles. The van der Waals surface area contributed by atoms with Crippen molar-refractivity contribution in [2.75, 3.05) is 10.6 Å². The Labute approximate surface area is 150 Å². The maximum Gasteiger partial charge on any atom is 0.221 e. The predicted molar refractivity (Wildman–Crippen MR) is 95.8 cm³/mol. The van der Waals surface area contributed by atoms with Crippen LogP contribution in [0.3, 0.4) is 0 Å². The lowest BCUT2D eigenvalue weighted by atomic mass is 10.1. The molecule has 25 heavy (non-hydrogen) atoms. The van der Waals surface area contributed by atoms with E-state index in [4.69, 9.17) is 11.6 Å². The van der Waals surface area contributed by atoms with Crippen LogP contribution in [-0.4, -0.2) is 11.8 Å². The van der Waals surface area contributed by atoms with Gasteiger partial charge in [-0.25, -0.2) is 8.78 Å². The fraction of sp³-hybridized carbons (Fsp3) is 0.222. The van der Waals surface area contributed by atoms with Crippen LogP contribution in [0.2, 0.25) is 5.02 Å². The molecule has 0 fully saturated rings. The summed E-state index contributed by atoms with van der Waals surface area (Å²) >= 11 is 5.94. The summed E-state index contributed by atoms with van der Waals surface area (Å²) in [5.74, 6) is -2.54. The number of carbonyl (C=O) groups excluding carboxylic acids is 2. The molecule has 2 aromatic rings. The van der Waals surface area contributed by atoms with Gasteiger partial charge in [0, 0.05) is 13.8 Å². The van der Waals surface area contributed by atoms with Crippen molar-refractivity contribution >= 4 is 34.8 Å². The fourth-order valence-corrected chi connectivity index (χ4v) is 2.11. The Balaban J connectivity index is 0.000000251. The van der Waals surface area contributed by atoms with Crippen molar-refractivity contribution in [2.45, 2.75) is 27.2 Å². The van der Waals surface area contributed by atoms with Gasteiger partial charge >= 0.3 is 0 Å². The van der Waals surface area contributed by atoms with E-state index in [-0.39, 0.29) is 11.6 Å². The molecule has 4 nitrogen and oxygen atoms in total. The highest BCUT2D eigenvalue weighted by molar-refractivity contribution is 6.33. The van der Waals surface area contributed by atoms with Crippen LogP contribution in [0, 0.1) is 11.6 Å². The van der Waals surface area contributed by atoms with Gasteiger partial charge in [-0.1, -0.05) is 30.7 Å². The first-order valence-corrected chi connectivity index (χ1v) is 7.90. The number of hydrogen-bond acceptors (Lipinski definition) is 2. The highest BCUT2D eigenvalue weighted by Crippen LogP contribution is 2.23. The summed E-state index contributed by atoms with van der Waals surface area (Å²) in [5, 5.41) is 5.41. The maximum absolute atomic E-state index is 12.8. The smallest absolute Gasteiger partial charge is 0.221 e. The largest absolute Gasteiger partial charge is 0.325 e. The lowest BCUT2D eigenvalue weighted by molar-refractivity contribution is -0.115. The number of halogens is 3. The third-order valence-electron chi connectivity index (χ3n) is 3.01. The summed E-state index contributed by atoms with van der Waals surface area (Å²) in [5.41, 5.74) is 1.70. The van der Waals surface area contributed by atoms with Gasteiger partial charge in [-0.2, -0.15) is 0 Å². The van der Waals surface area contributed by atoms with Crippen molar-refractivity contribution in [3.63, 3.8) is 0 Å². The van der Waals surface area contributed by atoms with Crippen molar-refractivity contribution in [2.24, 2.45) is 0 Å². The second-order valence-electron chi connectivity index (χ2n) is 5.13. The molecular formula is C18H19ClF2N2O2. The first-order chi connectivity index (χ1) is 11.7. The highest BCUT2D eigenvalue weighted by atomic mass is 35.5. The average Bonchev–Trinajstić information content (AvgIpc) is 2.53. The van der Waals surface area contributed by atoms with Crippen molar-refractivity contribution in [3.05, 3.63) is 58.6 Å². The second-order valence-corrected chi connectivity index (χ2v) is 5.54. The summed E-state index contributed by atoms with van der Waals surface area (Å²) in [7, 11) is 0. The van der Waals surface area contributed by atoms with E-state index in [9.17, 15) is 18.4 Å². The molecule has 0 aromatic heterocycles. The van der Waals surface area contributed by atoms with Crippen molar-refractivity contribution in [1.82, 2.24) is 0 Å². The molecule has 0 spiro atoms. The number of carbonyl (C=O) groups is 2. The molecule has 0 saturated carbocycles. The standard InChI is InChI=1S/C10H12ClNO.C8H7F2NO/c1-3-8-4-5-10(9(11)6-8)12-7(2)13;1-5(12)11-7-4-2-3-6(9)8(7)10/h4-6H,3H2,1-2H3,(H,12,13);2-4H,1H3,(H,11,12). The Morgan fingerprint density at radius 1 is 1.00 bits per heavy atom. The van der Waals surface area contributed by atoms with E-state index in [2.05, 4.69) is 17.6 Å². The first kappa shape index (κ1) is 20.6. The van der Waals surface area contributed by atoms with Crippen molar-refractivity contribution < 1.29 is 18.4 Å². The number of nitrogens with one attached hydrogen (secondary N) is 2. The zero-order chi connectivity index (χ0) is 19.0. The predicted octanol–water partition coefficient (Wildman–Crippen LogP) is 4.78. The van der Waals surface area contributed by atoms with E-state index >= 15 is 0 Å². The molecule has 0 radical (unpaired) electrons. The van der Waals surface area contributed by atoms with Crippen molar-refractivity contribution in [3.8, 4) is 0 Å². The van der Waals surface area contributed by atoms with Crippen LogP contribution in [0.4, 0.5) is 20.2 Å². The van der Waals surface area contributed by atoms with Crippen LogP contribution in [0.1, 0.15) is 26.3 Å². The number of rotatable bonds is 3. The minimum atomic E-state index is -1.03. The van der Waals surface area contributed by atoms with Gasteiger partial charge in [0.1, 0.15) is 0 Å². The Bertz CT molecular complexity index is 767. The number of benzene rings is 2. The Kier molecular flexibility index (Phi) is 8.01. The van der Waals surface area contributed by atoms with Crippen LogP contribution in [-0.2, 0) is 16.0 Å². The lowest BCUT2D eigenvalue weighted by Crippen LogP contribution is -2.08. The second kappa shape index (κ2) is 9.74. The minimum Gasteiger partial charge on any atom is -0.325 e. The molecule has 2 rings (SSSR count). The third-order valence-corrected chi connectivity index (χ3v) is 3.33. The van der Waals surface area contributed by atoms with E-state index in [1.807, 2.05) is 18.2 Å². The molecule has 134 valence electrons. The molecule has 0 aliphatic heterocycles. The molecule has 0 atom stereocenters. The van der Waals surface area contributed by atoms with E-state index in [1.54, 1.807) is 0 Å². The zero-order valence-corrected chi connectivity index (χ0v) is 14.9. The Morgan fingerprint density at radius 2 is 1.60 bits per heavy atom. The van der Waals surface area contributed by atoms with Crippen molar-refractivity contribution in [1.29, 1.82) is 0 Å². The quantitative estimate of drug-likeness (QED) is 0.818. The third kappa shape index (κ3) is 6.89. The van der Waals surface area contributed by atoms with Gasteiger partial charge in [0.15, 0.2) is 11.6 Å². The normalized spacial score (nSPS) is 9.68. The lowest BCUT2D eigenvalue weighted by Gasteiger charge is -2.05. The van der Waals surface area contributed by atoms with E-state index in [1.165, 1.54) is 31.5 Å². The molecule has 7 heteroatoms. The molecule has 0 aliphatic rings. The van der Waals surface area contributed by atoms with Gasteiger partial charge in [0.25, 0.3) is 0 Å². The molecule has 0 aliphatic carbocycles. The van der Waals surface area contributed by atoms with Crippen LogP contribution >= 0.6 is 11.6 Å². The molecular weight excluding hydrogens is 350 g/mol. The Morgan fingerprint density at radius 3 is 2.12 bits per heavy atom. The molecule has 0 unspecified atom stereocenters. The number of anilines is 2. The Hall–Kier alpha value is -2.47. The summed E-state index contributed by atoms with van der Waals surface area (Å²) in [4.78, 5) is 21.2. The summed E-state index contributed by atoms with van der Waals surface area (Å²) in [6.07, 6.45) is 0.945. The molecule has 2 amide bonds. The van der Waals surface area contributed by atoms with E-state index in [0.29, 0.717) is 10.7 Å². The summed E-state index contributed by atoms with van der Waals surface area (Å²) < 4.78 is 25.3. The zero-order valence-electron chi connectivity index (χ0n) is 14.1. The monoisotopic (exact) mass is 368 g/mol. The maximum atomic E-state index is 12.8. The van der Waals surface area contributed by atoms with Gasteiger partial charge in [-0.05, 0) is 36.2 Å². The number of amides is 2. The van der Waals surface area contributed by atoms with Crippen LogP contribution in [0.5, 0.6) is 0 Å². The van der Waals surface area contributed by atoms with Crippen LogP contribution in [0.15, 0.2) is 36.4 Å². The van der Waals surface area contributed by atoms with Gasteiger partial charge < -0.3 is 10.6 Å². The number of aryl methyl sites for hydroxylation is 1. The van der Waals surface area contributed by atoms with Gasteiger partial charge in [0.2, 0.25) is 11.8 Å². The fourth-order valence-electron chi connectivity index (χ4n) is 1.86. The topological polar surface area (TPSA) is 58.2 Å². The number of hydrogen-bond donors (Lipinski definition) is 2. The molecule has 2 N–H and O–H groups in total. The van der Waals surface area contributed by atoms with Crippen LogP contribution < -0.4 is 10.6 Å². The summed E-state index contributed by atoms with van der Waals surface area (Å²) in [6.45, 7) is 4.75. The SMILES string of the molecule is CC(=O)Nc1cccc(F)c1F.CCc1ccc(NC(C)=O)c(Cl)c1. The molecule has 0 bridgehead atoms. The first-order valence-electron chi connectivity index (χ1n) is 7.52. The average molecular weight is 369 g/mol. The van der Waals surface area contributed by atoms with Gasteiger partial charge in [-0.3, -0.25) is 9.59 Å². The molecule has 2 aromatic carbocycles. The minimum absolute atomic E-state index is 0.105. The van der Waals surface area contributed by atoms with E-state index < -0.39 is 17.5 Å². The summed E-state index contributed by atoms with van der Waals surface area (Å²) in [6, 6.07) is 9.25. The van der Waals surface area contributed by atoms with E-state index in [0.717, 1.165) is 12.5 Å². The molecule has 0 saturated heterocycles. The van der Waals surface area contributed by atoms with Gasteiger partial charge in [0.05, 0.1) is 16.4 Å². The highest BCUT2D eigenvalue weighted by Gasteiger charge is 2.07. The van der Waals surface area contributed by atoms with Gasteiger partial charge in [-0.15, -0.1) is 0 Å². The van der Waals surface area contributed by atoms with Crippen LogP contribution in [0.25, 0.3) is 0 Å².